The smallest absolute Gasteiger partial charge is 0.200 e. The van der Waals surface area contributed by atoms with Crippen LogP contribution in [0.4, 0.5) is 4.39 Å². The van der Waals surface area contributed by atoms with Gasteiger partial charge in [0.25, 0.3) is 0 Å². The Bertz CT molecular complexity index is 359. The fourth-order valence-corrected chi connectivity index (χ4v) is 1.81. The van der Waals surface area contributed by atoms with Crippen LogP contribution < -0.4 is 0 Å². The summed E-state index contributed by atoms with van der Waals surface area (Å²) in [6.45, 7) is 1.71. The number of benzene rings is 1. The number of ketones is 1. The number of alkyl halides is 1. The van der Waals surface area contributed by atoms with E-state index in [9.17, 15) is 9.18 Å². The van der Waals surface area contributed by atoms with Gasteiger partial charge in [0.1, 0.15) is 0 Å². The lowest BCUT2D eigenvalue weighted by Gasteiger charge is -2.13. The number of hydrogen-bond acceptors (Lipinski definition) is 1. The summed E-state index contributed by atoms with van der Waals surface area (Å²) in [5.41, 5.74) is -0.229. The molecule has 0 fully saturated rings. The van der Waals surface area contributed by atoms with Gasteiger partial charge in [-0.15, -0.1) is 0 Å². The highest BCUT2D eigenvalue weighted by atomic mass is 19.1. The third-order valence-corrected chi connectivity index (χ3v) is 2.70. The van der Waals surface area contributed by atoms with Crippen LogP contribution >= 0.6 is 0 Å². The van der Waals surface area contributed by atoms with Gasteiger partial charge in [0.05, 0.1) is 0 Å². The van der Waals surface area contributed by atoms with Gasteiger partial charge in [0, 0.05) is 12.0 Å². The van der Waals surface area contributed by atoms with Gasteiger partial charge in [0.15, 0.2) is 5.67 Å². The third kappa shape index (κ3) is 1.09. The molecule has 1 nitrogen and oxygen atoms in total. The van der Waals surface area contributed by atoms with E-state index in [0.717, 1.165) is 5.56 Å². The zero-order chi connectivity index (χ0) is 9.47. The summed E-state index contributed by atoms with van der Waals surface area (Å²) >= 11 is 0. The predicted molar refractivity (Wildman–Crippen MR) is 48.6 cm³/mol. The molecule has 13 heavy (non-hydrogen) atoms. The average molecular weight is 178 g/mol. The first-order valence-electron chi connectivity index (χ1n) is 4.49. The third-order valence-electron chi connectivity index (χ3n) is 2.70. The lowest BCUT2D eigenvalue weighted by atomic mass is 9.98. The summed E-state index contributed by atoms with van der Waals surface area (Å²) in [6.07, 6.45) is 0.513. The van der Waals surface area contributed by atoms with Crippen LogP contribution in [0, 0.1) is 0 Å². The summed E-state index contributed by atoms with van der Waals surface area (Å²) in [7, 11) is 0. The molecule has 0 spiro atoms. The van der Waals surface area contributed by atoms with Crippen molar-refractivity contribution < 1.29 is 9.18 Å². The van der Waals surface area contributed by atoms with Crippen LogP contribution in [0.5, 0.6) is 0 Å². The topological polar surface area (TPSA) is 17.1 Å². The molecule has 0 heterocycles. The molecule has 1 atom stereocenters. The van der Waals surface area contributed by atoms with Gasteiger partial charge in [-0.25, -0.2) is 4.39 Å². The molecule has 0 radical (unpaired) electrons. The Balaban J connectivity index is 2.50. The van der Waals surface area contributed by atoms with E-state index in [1.54, 1.807) is 19.1 Å². The molecular weight excluding hydrogens is 167 g/mol. The van der Waals surface area contributed by atoms with Crippen molar-refractivity contribution in [2.45, 2.75) is 25.4 Å². The minimum absolute atomic E-state index is 0.249. The molecule has 0 unspecified atom stereocenters. The van der Waals surface area contributed by atoms with Crippen molar-refractivity contribution in [3.8, 4) is 0 Å². The Morgan fingerprint density at radius 1 is 1.46 bits per heavy atom. The van der Waals surface area contributed by atoms with Crippen molar-refractivity contribution in [1.29, 1.82) is 0 Å². The van der Waals surface area contributed by atoms with E-state index >= 15 is 0 Å². The van der Waals surface area contributed by atoms with Crippen LogP contribution in [0.15, 0.2) is 24.3 Å². The predicted octanol–water partition coefficient (Wildman–Crippen LogP) is 2.54. The molecule has 2 heteroatoms. The maximum atomic E-state index is 13.9. The normalized spacial score (nSPS) is 26.2. The second-order valence-corrected chi connectivity index (χ2v) is 3.48. The van der Waals surface area contributed by atoms with E-state index in [0.29, 0.717) is 5.56 Å². The molecule has 2 rings (SSSR count). The van der Waals surface area contributed by atoms with E-state index < -0.39 is 5.67 Å². The fraction of sp³-hybridized carbons (Fsp3) is 0.364. The summed E-state index contributed by atoms with van der Waals surface area (Å²) in [5, 5.41) is 0. The van der Waals surface area contributed by atoms with Crippen LogP contribution in [0.2, 0.25) is 0 Å². The van der Waals surface area contributed by atoms with Crippen molar-refractivity contribution in [3.63, 3.8) is 0 Å². The number of carbonyl (C=O) groups excluding carboxylic acids is 1. The Morgan fingerprint density at radius 2 is 2.15 bits per heavy atom. The first-order chi connectivity index (χ1) is 6.17. The van der Waals surface area contributed by atoms with Crippen LogP contribution in [0.25, 0.3) is 0 Å². The number of rotatable bonds is 1. The average Bonchev–Trinajstić information content (AvgIpc) is 2.41. The second kappa shape index (κ2) is 2.66. The van der Waals surface area contributed by atoms with Gasteiger partial charge in [0.2, 0.25) is 5.78 Å². The molecule has 0 saturated carbocycles. The maximum absolute atomic E-state index is 13.9. The van der Waals surface area contributed by atoms with E-state index in [-0.39, 0.29) is 18.6 Å². The van der Waals surface area contributed by atoms with Crippen LogP contribution in [0.3, 0.4) is 0 Å². The van der Waals surface area contributed by atoms with Gasteiger partial charge in [-0.05, 0) is 12.0 Å². The molecule has 0 amide bonds. The largest absolute Gasteiger partial charge is 0.291 e. The maximum Gasteiger partial charge on any atom is 0.200 e. The van der Waals surface area contributed by atoms with Crippen LogP contribution in [0.1, 0.15) is 29.3 Å². The Kier molecular flexibility index (Phi) is 1.72. The number of carbonyl (C=O) groups is 1. The zero-order valence-electron chi connectivity index (χ0n) is 7.51. The Labute approximate surface area is 76.6 Å². The molecule has 1 aromatic carbocycles. The van der Waals surface area contributed by atoms with Gasteiger partial charge in [-0.3, -0.25) is 4.79 Å². The van der Waals surface area contributed by atoms with Crippen LogP contribution in [-0.2, 0) is 6.42 Å². The van der Waals surface area contributed by atoms with Crippen molar-refractivity contribution in [3.05, 3.63) is 35.4 Å². The lowest BCUT2D eigenvalue weighted by molar-refractivity contribution is 0.0711. The molecule has 0 saturated heterocycles. The molecule has 1 aliphatic rings. The minimum atomic E-state index is -1.64. The van der Waals surface area contributed by atoms with Gasteiger partial charge in [-0.1, -0.05) is 31.2 Å². The summed E-state index contributed by atoms with van der Waals surface area (Å²) in [5.74, 6) is -0.342. The molecular formula is C11H11FO. The first kappa shape index (κ1) is 8.42. The molecule has 68 valence electrons. The zero-order valence-corrected chi connectivity index (χ0v) is 7.51. The van der Waals surface area contributed by atoms with Crippen molar-refractivity contribution in [2.24, 2.45) is 0 Å². The molecule has 0 bridgehead atoms. The van der Waals surface area contributed by atoms with Gasteiger partial charge >= 0.3 is 0 Å². The van der Waals surface area contributed by atoms with Crippen LogP contribution in [-0.4, -0.2) is 11.5 Å². The molecule has 0 N–H and O–H groups in total. The number of halogens is 1. The van der Waals surface area contributed by atoms with Crippen molar-refractivity contribution >= 4 is 5.78 Å². The van der Waals surface area contributed by atoms with Crippen molar-refractivity contribution in [1.82, 2.24) is 0 Å². The monoisotopic (exact) mass is 178 g/mol. The summed E-state index contributed by atoms with van der Waals surface area (Å²) in [4.78, 5) is 11.6. The molecule has 1 aliphatic carbocycles. The lowest BCUT2D eigenvalue weighted by Crippen LogP contribution is -2.29. The quantitative estimate of drug-likeness (QED) is 0.645. The highest BCUT2D eigenvalue weighted by Gasteiger charge is 2.44. The Morgan fingerprint density at radius 3 is 2.77 bits per heavy atom. The van der Waals surface area contributed by atoms with Gasteiger partial charge in [-0.2, -0.15) is 0 Å². The fourth-order valence-electron chi connectivity index (χ4n) is 1.81. The number of hydrogen-bond donors (Lipinski definition) is 0. The van der Waals surface area contributed by atoms with E-state index in [4.69, 9.17) is 0 Å². The summed E-state index contributed by atoms with van der Waals surface area (Å²) in [6, 6.07) is 7.14. The van der Waals surface area contributed by atoms with E-state index in [1.807, 2.05) is 12.1 Å². The summed E-state index contributed by atoms with van der Waals surface area (Å²) < 4.78 is 13.9. The standard InChI is InChI=1S/C11H11FO/c1-2-11(12)7-8-5-3-4-6-9(8)10(11)13/h3-6H,2,7H2,1H3/t11-/m0/s1. The molecule has 1 aromatic rings. The SMILES string of the molecule is CC[C@]1(F)Cc2ccccc2C1=O. The van der Waals surface area contributed by atoms with Gasteiger partial charge < -0.3 is 0 Å². The highest BCUT2D eigenvalue weighted by Crippen LogP contribution is 2.35. The van der Waals surface area contributed by atoms with E-state index in [2.05, 4.69) is 0 Å². The highest BCUT2D eigenvalue weighted by molar-refractivity contribution is 6.06. The van der Waals surface area contributed by atoms with E-state index in [1.165, 1.54) is 0 Å². The Hall–Kier alpha value is -1.18. The number of fused-ring (bicyclic) bond motifs is 1. The molecule has 0 aliphatic heterocycles. The minimum Gasteiger partial charge on any atom is -0.291 e. The molecule has 0 aromatic heterocycles. The second-order valence-electron chi connectivity index (χ2n) is 3.48. The first-order valence-corrected chi connectivity index (χ1v) is 4.49. The number of Topliss-reactive ketones (excluding diaryl/α,β-unsaturated/α-hetero) is 1. The van der Waals surface area contributed by atoms with Crippen molar-refractivity contribution in [2.75, 3.05) is 0 Å².